The minimum absolute atomic E-state index is 0.488. The van der Waals surface area contributed by atoms with Gasteiger partial charge in [0.1, 0.15) is 0 Å². The second-order valence-electron chi connectivity index (χ2n) is 4.82. The number of hydrogen-bond donors (Lipinski definition) is 1. The van der Waals surface area contributed by atoms with Crippen molar-refractivity contribution < 1.29 is 5.11 Å². The molecule has 0 fully saturated rings. The van der Waals surface area contributed by atoms with Gasteiger partial charge in [-0.15, -0.1) is 0 Å². The largest absolute Gasteiger partial charge is 0.388 e. The molecular formula is C16H19NO. The minimum Gasteiger partial charge on any atom is -0.388 e. The van der Waals surface area contributed by atoms with E-state index in [-0.39, 0.29) is 0 Å². The van der Waals surface area contributed by atoms with Gasteiger partial charge in [-0.25, -0.2) is 0 Å². The maximum absolute atomic E-state index is 10.3. The van der Waals surface area contributed by atoms with Crippen molar-refractivity contribution in [2.75, 3.05) is 0 Å². The van der Waals surface area contributed by atoms with E-state index in [0.717, 1.165) is 11.3 Å². The fourth-order valence-corrected chi connectivity index (χ4v) is 2.16. The first-order valence-electron chi connectivity index (χ1n) is 6.23. The van der Waals surface area contributed by atoms with E-state index in [4.69, 9.17) is 0 Å². The summed E-state index contributed by atoms with van der Waals surface area (Å²) in [5.74, 6) is 0. The maximum atomic E-state index is 10.3. The van der Waals surface area contributed by atoms with Crippen molar-refractivity contribution in [3.8, 4) is 0 Å². The molecule has 0 radical (unpaired) electrons. The molecule has 1 atom stereocenters. The molecule has 0 amide bonds. The van der Waals surface area contributed by atoms with E-state index in [2.05, 4.69) is 31.0 Å². The average molecular weight is 241 g/mol. The molecule has 0 bridgehead atoms. The van der Waals surface area contributed by atoms with E-state index in [1.807, 2.05) is 25.1 Å². The number of hydrogen-bond acceptors (Lipinski definition) is 2. The van der Waals surface area contributed by atoms with Crippen molar-refractivity contribution in [2.24, 2.45) is 0 Å². The standard InChI is InChI=1S/C16H19NO/c1-11-5-4-6-12(2)15(11)9-16(18)14-8-7-13(3)17-10-14/h4-8,10,16,18H,9H2,1-3H3. The molecule has 0 aliphatic heterocycles. The lowest BCUT2D eigenvalue weighted by atomic mass is 9.95. The van der Waals surface area contributed by atoms with Crippen LogP contribution in [0.5, 0.6) is 0 Å². The first-order valence-corrected chi connectivity index (χ1v) is 6.23. The van der Waals surface area contributed by atoms with Crippen LogP contribution in [0.25, 0.3) is 0 Å². The third-order valence-electron chi connectivity index (χ3n) is 3.36. The normalized spacial score (nSPS) is 12.4. The van der Waals surface area contributed by atoms with Crippen LogP contribution in [-0.2, 0) is 6.42 Å². The molecule has 1 unspecified atom stereocenters. The fraction of sp³-hybridized carbons (Fsp3) is 0.312. The van der Waals surface area contributed by atoms with Crippen LogP contribution in [0.1, 0.15) is 34.1 Å². The molecule has 94 valence electrons. The van der Waals surface area contributed by atoms with Crippen molar-refractivity contribution in [2.45, 2.75) is 33.3 Å². The van der Waals surface area contributed by atoms with Crippen LogP contribution in [-0.4, -0.2) is 10.1 Å². The third kappa shape index (κ3) is 2.77. The van der Waals surface area contributed by atoms with Gasteiger partial charge in [-0.1, -0.05) is 24.3 Å². The van der Waals surface area contributed by atoms with Gasteiger partial charge in [-0.3, -0.25) is 4.98 Å². The predicted molar refractivity (Wildman–Crippen MR) is 73.6 cm³/mol. The Kier molecular flexibility index (Phi) is 3.78. The number of rotatable bonds is 3. The SMILES string of the molecule is Cc1ccc(C(O)Cc2c(C)cccc2C)cn1. The Morgan fingerprint density at radius 1 is 1.06 bits per heavy atom. The van der Waals surface area contributed by atoms with Gasteiger partial charge in [-0.2, -0.15) is 0 Å². The van der Waals surface area contributed by atoms with E-state index in [1.54, 1.807) is 6.20 Å². The molecule has 2 nitrogen and oxygen atoms in total. The zero-order chi connectivity index (χ0) is 13.1. The summed E-state index contributed by atoms with van der Waals surface area (Å²) in [6.07, 6.45) is 1.91. The highest BCUT2D eigenvalue weighted by Gasteiger charge is 2.12. The summed E-state index contributed by atoms with van der Waals surface area (Å²) in [5.41, 5.74) is 5.54. The molecule has 1 N–H and O–H groups in total. The Balaban J connectivity index is 2.21. The Morgan fingerprint density at radius 2 is 1.72 bits per heavy atom. The lowest BCUT2D eigenvalue weighted by molar-refractivity contribution is 0.177. The van der Waals surface area contributed by atoms with Crippen LogP contribution in [0.15, 0.2) is 36.5 Å². The molecule has 0 saturated heterocycles. The molecule has 1 aromatic carbocycles. The van der Waals surface area contributed by atoms with Gasteiger partial charge in [0.2, 0.25) is 0 Å². The second-order valence-corrected chi connectivity index (χ2v) is 4.82. The van der Waals surface area contributed by atoms with Crippen LogP contribution in [0.4, 0.5) is 0 Å². The topological polar surface area (TPSA) is 33.1 Å². The molecule has 0 spiro atoms. The molecule has 0 saturated carbocycles. The maximum Gasteiger partial charge on any atom is 0.0845 e. The molecule has 1 heterocycles. The van der Waals surface area contributed by atoms with Crippen LogP contribution >= 0.6 is 0 Å². The van der Waals surface area contributed by atoms with Crippen LogP contribution in [0.3, 0.4) is 0 Å². The van der Waals surface area contributed by atoms with Crippen LogP contribution in [0, 0.1) is 20.8 Å². The van der Waals surface area contributed by atoms with Crippen molar-refractivity contribution in [3.05, 3.63) is 64.5 Å². The lowest BCUT2D eigenvalue weighted by Crippen LogP contribution is -2.05. The Morgan fingerprint density at radius 3 is 2.28 bits per heavy atom. The quantitative estimate of drug-likeness (QED) is 0.894. The van der Waals surface area contributed by atoms with E-state index in [0.29, 0.717) is 6.42 Å². The number of nitrogens with zero attached hydrogens (tertiary/aromatic N) is 1. The Labute approximate surface area is 108 Å². The molecule has 2 aromatic rings. The zero-order valence-corrected chi connectivity index (χ0v) is 11.1. The minimum atomic E-state index is -0.488. The summed E-state index contributed by atoms with van der Waals surface area (Å²) in [6.45, 7) is 6.12. The number of aliphatic hydroxyl groups is 1. The van der Waals surface area contributed by atoms with Crippen molar-refractivity contribution in [1.82, 2.24) is 4.98 Å². The summed E-state index contributed by atoms with van der Waals surface area (Å²) in [4.78, 5) is 4.23. The number of aliphatic hydroxyl groups excluding tert-OH is 1. The smallest absolute Gasteiger partial charge is 0.0845 e. The highest BCUT2D eigenvalue weighted by Crippen LogP contribution is 2.22. The molecule has 0 aliphatic carbocycles. The summed E-state index contributed by atoms with van der Waals surface area (Å²) < 4.78 is 0. The van der Waals surface area contributed by atoms with Gasteiger partial charge in [0, 0.05) is 18.3 Å². The third-order valence-corrected chi connectivity index (χ3v) is 3.36. The van der Waals surface area contributed by atoms with E-state index in [9.17, 15) is 5.11 Å². The summed E-state index contributed by atoms with van der Waals surface area (Å²) in [7, 11) is 0. The van der Waals surface area contributed by atoms with E-state index < -0.39 is 6.10 Å². The Hall–Kier alpha value is -1.67. The summed E-state index contributed by atoms with van der Waals surface area (Å²) in [6, 6.07) is 10.1. The van der Waals surface area contributed by atoms with Crippen molar-refractivity contribution in [1.29, 1.82) is 0 Å². The summed E-state index contributed by atoms with van der Waals surface area (Å²) >= 11 is 0. The second kappa shape index (κ2) is 5.32. The van der Waals surface area contributed by atoms with Crippen LogP contribution < -0.4 is 0 Å². The number of aromatic nitrogens is 1. The molecule has 0 aliphatic rings. The van der Waals surface area contributed by atoms with Crippen molar-refractivity contribution >= 4 is 0 Å². The molecule has 18 heavy (non-hydrogen) atoms. The average Bonchev–Trinajstić information content (AvgIpc) is 2.34. The van der Waals surface area contributed by atoms with Gasteiger partial charge >= 0.3 is 0 Å². The molecule has 2 rings (SSSR count). The zero-order valence-electron chi connectivity index (χ0n) is 11.1. The van der Waals surface area contributed by atoms with Gasteiger partial charge in [0.25, 0.3) is 0 Å². The number of pyridine rings is 1. The molecule has 2 heteroatoms. The fourth-order valence-electron chi connectivity index (χ4n) is 2.16. The van der Waals surface area contributed by atoms with Gasteiger partial charge in [0.05, 0.1) is 6.10 Å². The summed E-state index contributed by atoms with van der Waals surface area (Å²) in [5, 5.41) is 10.3. The molecule has 1 aromatic heterocycles. The van der Waals surface area contributed by atoms with Crippen molar-refractivity contribution in [3.63, 3.8) is 0 Å². The highest BCUT2D eigenvalue weighted by atomic mass is 16.3. The predicted octanol–water partition coefficient (Wildman–Crippen LogP) is 3.28. The number of aryl methyl sites for hydroxylation is 3. The first kappa shape index (κ1) is 12.8. The lowest BCUT2D eigenvalue weighted by Gasteiger charge is -2.15. The highest BCUT2D eigenvalue weighted by molar-refractivity contribution is 5.35. The van der Waals surface area contributed by atoms with E-state index >= 15 is 0 Å². The van der Waals surface area contributed by atoms with Gasteiger partial charge in [0.15, 0.2) is 0 Å². The molecular weight excluding hydrogens is 222 g/mol. The number of benzene rings is 1. The monoisotopic (exact) mass is 241 g/mol. The van der Waals surface area contributed by atoms with Gasteiger partial charge < -0.3 is 5.11 Å². The van der Waals surface area contributed by atoms with E-state index in [1.165, 1.54) is 16.7 Å². The Bertz CT molecular complexity index is 511. The van der Waals surface area contributed by atoms with Crippen LogP contribution in [0.2, 0.25) is 0 Å². The van der Waals surface area contributed by atoms with Gasteiger partial charge in [-0.05, 0) is 49.1 Å². The first-order chi connectivity index (χ1) is 8.58.